The molecule has 1 fully saturated rings. The van der Waals surface area contributed by atoms with Gasteiger partial charge in [0.25, 0.3) is 0 Å². The topological polar surface area (TPSA) is 87.5 Å². The van der Waals surface area contributed by atoms with Gasteiger partial charge in [0.2, 0.25) is 0 Å². The lowest BCUT2D eigenvalue weighted by Crippen LogP contribution is -2.47. The molecule has 2 aliphatic carbocycles. The maximum atomic E-state index is 13.8. The molecule has 5 N–H and O–H groups in total. The minimum absolute atomic E-state index is 0. The molecule has 0 aromatic rings. The SMILES string of the molecule is COC1C=CC(CCN[C@@H](CN2CCC(C3C=C(F)C(Cl)=CC3)CC2)C(C)C)CC1.O.O. The highest BCUT2D eigenvalue weighted by Crippen LogP contribution is 2.35. The van der Waals surface area contributed by atoms with Gasteiger partial charge in [-0.2, -0.15) is 0 Å². The van der Waals surface area contributed by atoms with Gasteiger partial charge in [0.05, 0.1) is 11.1 Å². The van der Waals surface area contributed by atoms with Crippen LogP contribution in [0.2, 0.25) is 0 Å². The maximum Gasteiger partial charge on any atom is 0.137 e. The van der Waals surface area contributed by atoms with E-state index < -0.39 is 0 Å². The highest BCUT2D eigenvalue weighted by atomic mass is 35.5. The van der Waals surface area contributed by atoms with E-state index in [9.17, 15) is 4.39 Å². The number of piperidine rings is 1. The summed E-state index contributed by atoms with van der Waals surface area (Å²) in [4.78, 5) is 2.60. The molecular weight excluding hydrogens is 431 g/mol. The van der Waals surface area contributed by atoms with Crippen LogP contribution in [0, 0.1) is 23.7 Å². The van der Waals surface area contributed by atoms with Gasteiger partial charge in [0, 0.05) is 19.7 Å². The van der Waals surface area contributed by atoms with E-state index in [1.54, 1.807) is 13.2 Å². The van der Waals surface area contributed by atoms with E-state index in [2.05, 4.69) is 36.2 Å². The van der Waals surface area contributed by atoms with Crippen molar-refractivity contribution in [2.75, 3.05) is 33.3 Å². The van der Waals surface area contributed by atoms with Crippen molar-refractivity contribution >= 4 is 11.6 Å². The summed E-state index contributed by atoms with van der Waals surface area (Å²) >= 11 is 5.88. The summed E-state index contributed by atoms with van der Waals surface area (Å²) in [5.41, 5.74) is 0. The van der Waals surface area contributed by atoms with Crippen molar-refractivity contribution in [3.63, 3.8) is 0 Å². The standard InChI is InChI=1S/C25H40ClFN2O.2H2O/c1-18(2)25(28-13-10-19-4-7-22(30-3)8-5-19)17-29-14-11-20(12-15-29)21-6-9-23(26)24(27)16-21;;/h4,7,9,16,18-22,25,28H,5-6,8,10-15,17H2,1-3H3;2*1H2/t19?,21?,22?,25-;;/m0../s1. The molecule has 1 heterocycles. The Balaban J connectivity index is 0.00000256. The van der Waals surface area contributed by atoms with Crippen molar-refractivity contribution in [3.8, 4) is 0 Å². The molecule has 3 aliphatic rings. The highest BCUT2D eigenvalue weighted by molar-refractivity contribution is 6.31. The Morgan fingerprint density at radius 2 is 1.88 bits per heavy atom. The Bertz CT molecular complexity index is 633. The fourth-order valence-corrected chi connectivity index (χ4v) is 5.25. The Labute approximate surface area is 198 Å². The second kappa shape index (κ2) is 14.5. The van der Waals surface area contributed by atoms with Gasteiger partial charge in [-0.1, -0.05) is 43.7 Å². The summed E-state index contributed by atoms with van der Waals surface area (Å²) in [6.07, 6.45) is 15.3. The minimum Gasteiger partial charge on any atom is -0.412 e. The molecule has 1 saturated heterocycles. The summed E-state index contributed by atoms with van der Waals surface area (Å²) in [7, 11) is 1.80. The van der Waals surface area contributed by atoms with E-state index in [0.717, 1.165) is 51.9 Å². The van der Waals surface area contributed by atoms with E-state index in [1.807, 2.05) is 6.08 Å². The molecule has 0 radical (unpaired) electrons. The number of hydrogen-bond acceptors (Lipinski definition) is 3. The van der Waals surface area contributed by atoms with E-state index in [-0.39, 0.29) is 21.8 Å². The summed E-state index contributed by atoms with van der Waals surface area (Å²) in [5.74, 6) is 1.96. The molecule has 32 heavy (non-hydrogen) atoms. The first-order valence-corrected chi connectivity index (χ1v) is 12.2. The van der Waals surface area contributed by atoms with Crippen LogP contribution >= 0.6 is 11.6 Å². The molecular formula is C25H44ClFN2O3. The van der Waals surface area contributed by atoms with Crippen molar-refractivity contribution in [2.45, 2.75) is 64.5 Å². The third-order valence-corrected chi connectivity index (χ3v) is 7.63. The van der Waals surface area contributed by atoms with E-state index >= 15 is 0 Å². The first-order valence-electron chi connectivity index (χ1n) is 11.9. The lowest BCUT2D eigenvalue weighted by Gasteiger charge is -2.38. The second-order valence-electron chi connectivity index (χ2n) is 9.69. The van der Waals surface area contributed by atoms with Gasteiger partial charge in [-0.05, 0) is 87.9 Å². The van der Waals surface area contributed by atoms with E-state index in [1.165, 1.54) is 12.8 Å². The van der Waals surface area contributed by atoms with Crippen LogP contribution in [-0.4, -0.2) is 61.3 Å². The van der Waals surface area contributed by atoms with Gasteiger partial charge in [-0.3, -0.25) is 0 Å². The molecule has 1 aliphatic heterocycles. The Morgan fingerprint density at radius 3 is 2.44 bits per heavy atom. The van der Waals surface area contributed by atoms with Gasteiger partial charge < -0.3 is 25.9 Å². The van der Waals surface area contributed by atoms with Crippen LogP contribution in [0.15, 0.2) is 35.2 Å². The molecule has 5 nitrogen and oxygen atoms in total. The first-order chi connectivity index (χ1) is 14.5. The summed E-state index contributed by atoms with van der Waals surface area (Å²) in [6.45, 7) is 9.05. The zero-order valence-electron chi connectivity index (χ0n) is 20.0. The van der Waals surface area contributed by atoms with Crippen molar-refractivity contribution in [3.05, 3.63) is 35.2 Å². The van der Waals surface area contributed by atoms with Crippen LogP contribution in [-0.2, 0) is 4.74 Å². The monoisotopic (exact) mass is 474 g/mol. The fraction of sp³-hybridized carbons (Fsp3) is 0.760. The Hall–Kier alpha value is -0.760. The lowest BCUT2D eigenvalue weighted by molar-refractivity contribution is 0.121. The molecule has 0 bridgehead atoms. The number of hydrogen-bond donors (Lipinski definition) is 1. The first kappa shape index (κ1) is 29.3. The summed E-state index contributed by atoms with van der Waals surface area (Å²) in [6, 6.07) is 0.523. The zero-order valence-corrected chi connectivity index (χ0v) is 20.7. The van der Waals surface area contributed by atoms with Gasteiger partial charge in [0.1, 0.15) is 5.83 Å². The summed E-state index contributed by atoms with van der Waals surface area (Å²) in [5, 5.41) is 4.12. The molecule has 186 valence electrons. The quantitative estimate of drug-likeness (QED) is 0.511. The van der Waals surface area contributed by atoms with Crippen LogP contribution in [0.1, 0.15) is 52.4 Å². The molecule has 0 amide bonds. The van der Waals surface area contributed by atoms with Gasteiger partial charge in [0.15, 0.2) is 0 Å². The van der Waals surface area contributed by atoms with Gasteiger partial charge in [-0.25, -0.2) is 4.39 Å². The Kier molecular flexibility index (Phi) is 13.3. The number of methoxy groups -OCH3 is 1. The van der Waals surface area contributed by atoms with Gasteiger partial charge in [-0.15, -0.1) is 0 Å². The average molecular weight is 475 g/mol. The third kappa shape index (κ3) is 8.54. The third-order valence-electron chi connectivity index (χ3n) is 7.30. The predicted molar refractivity (Wildman–Crippen MR) is 132 cm³/mol. The molecule has 3 unspecified atom stereocenters. The highest BCUT2D eigenvalue weighted by Gasteiger charge is 2.28. The number of ether oxygens (including phenoxy) is 1. The lowest BCUT2D eigenvalue weighted by atomic mass is 9.80. The molecule has 0 spiro atoms. The van der Waals surface area contributed by atoms with Crippen molar-refractivity contribution in [1.29, 1.82) is 0 Å². The van der Waals surface area contributed by atoms with Crippen LogP contribution < -0.4 is 5.32 Å². The number of nitrogens with one attached hydrogen (secondary N) is 1. The zero-order chi connectivity index (χ0) is 21.5. The molecule has 0 aromatic heterocycles. The van der Waals surface area contributed by atoms with Crippen molar-refractivity contribution in [2.24, 2.45) is 23.7 Å². The number of halogens is 2. The second-order valence-corrected chi connectivity index (χ2v) is 10.1. The fourth-order valence-electron chi connectivity index (χ4n) is 5.10. The van der Waals surface area contributed by atoms with Crippen molar-refractivity contribution in [1.82, 2.24) is 10.2 Å². The molecule has 0 saturated carbocycles. The number of rotatable bonds is 9. The molecule has 3 rings (SSSR count). The molecule has 4 atom stereocenters. The van der Waals surface area contributed by atoms with Crippen LogP contribution in [0.25, 0.3) is 0 Å². The number of likely N-dealkylation sites (tertiary alicyclic amines) is 1. The largest absolute Gasteiger partial charge is 0.412 e. The summed E-state index contributed by atoms with van der Waals surface area (Å²) < 4.78 is 19.3. The van der Waals surface area contributed by atoms with Crippen LogP contribution in [0.4, 0.5) is 4.39 Å². The van der Waals surface area contributed by atoms with Crippen LogP contribution in [0.3, 0.4) is 0 Å². The Morgan fingerprint density at radius 1 is 1.16 bits per heavy atom. The normalized spacial score (nSPS) is 27.9. The number of nitrogens with zero attached hydrogens (tertiary/aromatic N) is 1. The van der Waals surface area contributed by atoms with Gasteiger partial charge >= 0.3 is 0 Å². The number of allylic oxidation sites excluding steroid dienone is 5. The smallest absolute Gasteiger partial charge is 0.137 e. The van der Waals surface area contributed by atoms with Crippen LogP contribution in [0.5, 0.6) is 0 Å². The van der Waals surface area contributed by atoms with E-state index in [4.69, 9.17) is 16.3 Å². The molecule has 7 heteroatoms. The van der Waals surface area contributed by atoms with Crippen molar-refractivity contribution < 1.29 is 20.1 Å². The maximum absolute atomic E-state index is 13.8. The predicted octanol–water partition coefficient (Wildman–Crippen LogP) is 4.03. The molecule has 0 aromatic carbocycles. The minimum atomic E-state index is -0.232. The average Bonchev–Trinajstić information content (AvgIpc) is 2.76. The van der Waals surface area contributed by atoms with E-state index in [0.29, 0.717) is 35.8 Å².